The molecule has 94 valence electrons. The molecule has 0 aliphatic rings. The van der Waals surface area contributed by atoms with Crippen molar-refractivity contribution < 1.29 is 4.39 Å². The van der Waals surface area contributed by atoms with E-state index in [2.05, 4.69) is 24.4 Å². The lowest BCUT2D eigenvalue weighted by atomic mass is 9.95. The summed E-state index contributed by atoms with van der Waals surface area (Å²) in [6.45, 7) is 4.90. The zero-order valence-electron chi connectivity index (χ0n) is 10.8. The van der Waals surface area contributed by atoms with Crippen molar-refractivity contribution in [3.63, 3.8) is 0 Å². The second-order valence-electron chi connectivity index (χ2n) is 4.40. The van der Waals surface area contributed by atoms with Gasteiger partial charge >= 0.3 is 0 Å². The van der Waals surface area contributed by atoms with Gasteiger partial charge in [0.2, 0.25) is 0 Å². The van der Waals surface area contributed by atoms with Gasteiger partial charge in [-0.15, -0.1) is 0 Å². The van der Waals surface area contributed by atoms with E-state index in [1.165, 1.54) is 11.6 Å². The number of benzene rings is 2. The maximum Gasteiger partial charge on any atom is 0.123 e. The van der Waals surface area contributed by atoms with Gasteiger partial charge in [0.1, 0.15) is 5.82 Å². The molecule has 0 aromatic heterocycles. The summed E-state index contributed by atoms with van der Waals surface area (Å²) in [5.41, 5.74) is 3.31. The van der Waals surface area contributed by atoms with E-state index in [0.717, 1.165) is 17.7 Å². The second-order valence-corrected chi connectivity index (χ2v) is 4.40. The quantitative estimate of drug-likeness (QED) is 0.860. The van der Waals surface area contributed by atoms with Crippen LogP contribution in [0.3, 0.4) is 0 Å². The third-order valence-corrected chi connectivity index (χ3v) is 3.08. The molecule has 0 aliphatic heterocycles. The van der Waals surface area contributed by atoms with Crippen LogP contribution in [0.1, 0.15) is 29.7 Å². The zero-order valence-corrected chi connectivity index (χ0v) is 10.8. The Morgan fingerprint density at radius 3 is 2.44 bits per heavy atom. The number of aryl methyl sites for hydroxylation is 1. The fourth-order valence-electron chi connectivity index (χ4n) is 2.22. The van der Waals surface area contributed by atoms with E-state index in [4.69, 9.17) is 0 Å². The van der Waals surface area contributed by atoms with Gasteiger partial charge in [-0.1, -0.05) is 43.3 Å². The van der Waals surface area contributed by atoms with E-state index < -0.39 is 0 Å². The van der Waals surface area contributed by atoms with Gasteiger partial charge in [-0.3, -0.25) is 0 Å². The van der Waals surface area contributed by atoms with Gasteiger partial charge in [0.15, 0.2) is 0 Å². The van der Waals surface area contributed by atoms with Crippen LogP contribution in [-0.2, 0) is 0 Å². The number of nitrogens with one attached hydrogen (secondary N) is 1. The van der Waals surface area contributed by atoms with Gasteiger partial charge < -0.3 is 5.32 Å². The number of hydrogen-bond acceptors (Lipinski definition) is 1. The molecule has 0 fully saturated rings. The highest BCUT2D eigenvalue weighted by Crippen LogP contribution is 2.25. The average molecular weight is 243 g/mol. The summed E-state index contributed by atoms with van der Waals surface area (Å²) < 4.78 is 13.2. The van der Waals surface area contributed by atoms with Crippen LogP contribution in [0.2, 0.25) is 0 Å². The lowest BCUT2D eigenvalue weighted by Crippen LogP contribution is -2.22. The standard InChI is InChI=1S/C16H18FN/c1-3-18-16(13-7-5-4-6-8-13)15-10-9-14(17)11-12(15)2/h4-11,16,18H,3H2,1-2H3. The van der Waals surface area contributed by atoms with E-state index in [0.29, 0.717) is 0 Å². The van der Waals surface area contributed by atoms with E-state index in [1.807, 2.05) is 31.2 Å². The molecule has 0 amide bonds. The smallest absolute Gasteiger partial charge is 0.123 e. The first-order valence-corrected chi connectivity index (χ1v) is 6.26. The highest BCUT2D eigenvalue weighted by molar-refractivity contribution is 5.37. The minimum atomic E-state index is -0.181. The minimum Gasteiger partial charge on any atom is -0.307 e. The molecule has 0 bridgehead atoms. The normalized spacial score (nSPS) is 12.4. The molecule has 0 saturated carbocycles. The number of halogens is 1. The Morgan fingerprint density at radius 2 is 1.83 bits per heavy atom. The molecule has 1 N–H and O–H groups in total. The Hall–Kier alpha value is -1.67. The lowest BCUT2D eigenvalue weighted by Gasteiger charge is -2.21. The number of hydrogen-bond donors (Lipinski definition) is 1. The molecule has 0 heterocycles. The van der Waals surface area contributed by atoms with Crippen molar-refractivity contribution in [2.45, 2.75) is 19.9 Å². The molecule has 0 aliphatic carbocycles. The first kappa shape index (κ1) is 12.8. The van der Waals surface area contributed by atoms with Crippen molar-refractivity contribution in [2.75, 3.05) is 6.54 Å². The lowest BCUT2D eigenvalue weighted by molar-refractivity contribution is 0.610. The molecule has 2 aromatic rings. The van der Waals surface area contributed by atoms with Crippen molar-refractivity contribution in [3.05, 3.63) is 71.0 Å². The van der Waals surface area contributed by atoms with Crippen LogP contribution in [0.25, 0.3) is 0 Å². The van der Waals surface area contributed by atoms with Gasteiger partial charge in [-0.2, -0.15) is 0 Å². The van der Waals surface area contributed by atoms with Gasteiger partial charge in [0.05, 0.1) is 6.04 Å². The fourth-order valence-corrected chi connectivity index (χ4v) is 2.22. The molecule has 2 heteroatoms. The molecule has 0 saturated heterocycles. The van der Waals surface area contributed by atoms with Crippen LogP contribution >= 0.6 is 0 Å². The monoisotopic (exact) mass is 243 g/mol. The van der Waals surface area contributed by atoms with Crippen molar-refractivity contribution in [3.8, 4) is 0 Å². The van der Waals surface area contributed by atoms with Crippen LogP contribution in [0, 0.1) is 12.7 Å². The number of rotatable bonds is 4. The third kappa shape index (κ3) is 2.77. The molecule has 18 heavy (non-hydrogen) atoms. The van der Waals surface area contributed by atoms with Crippen LogP contribution in [0.15, 0.2) is 48.5 Å². The van der Waals surface area contributed by atoms with Crippen LogP contribution in [0.4, 0.5) is 4.39 Å². The molecular weight excluding hydrogens is 225 g/mol. The van der Waals surface area contributed by atoms with Crippen molar-refractivity contribution in [1.82, 2.24) is 5.32 Å². The SMILES string of the molecule is CCNC(c1ccccc1)c1ccc(F)cc1C. The van der Waals surface area contributed by atoms with E-state index >= 15 is 0 Å². The van der Waals surface area contributed by atoms with Gasteiger partial charge in [0.25, 0.3) is 0 Å². The van der Waals surface area contributed by atoms with E-state index in [9.17, 15) is 4.39 Å². The highest BCUT2D eigenvalue weighted by Gasteiger charge is 2.14. The highest BCUT2D eigenvalue weighted by atomic mass is 19.1. The van der Waals surface area contributed by atoms with Crippen molar-refractivity contribution in [2.24, 2.45) is 0 Å². The Bertz CT molecular complexity index is 508. The Labute approximate surface area is 108 Å². The first-order valence-electron chi connectivity index (χ1n) is 6.26. The Balaban J connectivity index is 2.41. The molecule has 2 aromatic carbocycles. The summed E-state index contributed by atoms with van der Waals surface area (Å²) in [5, 5.41) is 3.45. The summed E-state index contributed by atoms with van der Waals surface area (Å²) in [6, 6.07) is 15.3. The summed E-state index contributed by atoms with van der Waals surface area (Å²) in [4.78, 5) is 0. The van der Waals surface area contributed by atoms with Crippen LogP contribution in [0.5, 0.6) is 0 Å². The van der Waals surface area contributed by atoms with Gasteiger partial charge in [-0.25, -0.2) is 4.39 Å². The molecule has 1 unspecified atom stereocenters. The van der Waals surface area contributed by atoms with Gasteiger partial charge in [-0.05, 0) is 42.3 Å². The topological polar surface area (TPSA) is 12.0 Å². The Kier molecular flexibility index (Phi) is 4.11. The van der Waals surface area contributed by atoms with Gasteiger partial charge in [0, 0.05) is 0 Å². The second kappa shape index (κ2) is 5.78. The summed E-state index contributed by atoms with van der Waals surface area (Å²) >= 11 is 0. The molecule has 1 nitrogen and oxygen atoms in total. The average Bonchev–Trinajstić information content (AvgIpc) is 2.38. The summed E-state index contributed by atoms with van der Waals surface area (Å²) in [5.74, 6) is -0.181. The largest absolute Gasteiger partial charge is 0.307 e. The molecule has 1 atom stereocenters. The Morgan fingerprint density at radius 1 is 1.11 bits per heavy atom. The predicted molar refractivity (Wildman–Crippen MR) is 73.1 cm³/mol. The fraction of sp³-hybridized carbons (Fsp3) is 0.250. The van der Waals surface area contributed by atoms with Crippen LogP contribution < -0.4 is 5.32 Å². The molecule has 0 radical (unpaired) electrons. The zero-order chi connectivity index (χ0) is 13.0. The summed E-state index contributed by atoms with van der Waals surface area (Å²) in [7, 11) is 0. The maximum absolute atomic E-state index is 13.2. The minimum absolute atomic E-state index is 0.122. The molecule has 2 rings (SSSR count). The van der Waals surface area contributed by atoms with E-state index in [1.54, 1.807) is 6.07 Å². The molecular formula is C16H18FN. The van der Waals surface area contributed by atoms with Crippen molar-refractivity contribution in [1.29, 1.82) is 0 Å². The predicted octanol–water partition coefficient (Wildman–Crippen LogP) is 3.83. The van der Waals surface area contributed by atoms with Crippen molar-refractivity contribution >= 4 is 0 Å². The summed E-state index contributed by atoms with van der Waals surface area (Å²) in [6.07, 6.45) is 0. The van der Waals surface area contributed by atoms with Crippen LogP contribution in [-0.4, -0.2) is 6.54 Å². The van der Waals surface area contributed by atoms with E-state index in [-0.39, 0.29) is 11.9 Å². The third-order valence-electron chi connectivity index (χ3n) is 3.08. The first-order chi connectivity index (χ1) is 8.72. The maximum atomic E-state index is 13.2. The molecule has 0 spiro atoms.